The van der Waals surface area contributed by atoms with Crippen molar-refractivity contribution in [2.75, 3.05) is 13.1 Å². The second-order valence-corrected chi connectivity index (χ2v) is 8.99. The van der Waals surface area contributed by atoms with Crippen molar-refractivity contribution >= 4 is 23.6 Å². The molecule has 1 N–H and O–H groups in total. The summed E-state index contributed by atoms with van der Waals surface area (Å²) in [6, 6.07) is 14.1. The Bertz CT molecular complexity index is 1050. The van der Waals surface area contributed by atoms with Crippen LogP contribution in [0.4, 0.5) is 0 Å². The lowest BCUT2D eigenvalue weighted by molar-refractivity contribution is -0.141. The molecule has 0 aliphatic carbocycles. The molecular weight excluding hydrogens is 442 g/mol. The molecule has 35 heavy (non-hydrogen) atoms. The van der Waals surface area contributed by atoms with E-state index in [1.807, 2.05) is 38.1 Å². The van der Waals surface area contributed by atoms with Crippen LogP contribution in [0.1, 0.15) is 77.8 Å². The molecule has 0 bridgehead atoms. The maximum atomic E-state index is 13.4. The third-order valence-electron chi connectivity index (χ3n) is 6.30. The number of nitrogens with zero attached hydrogens (tertiary/aromatic N) is 2. The Morgan fingerprint density at radius 1 is 0.971 bits per heavy atom. The summed E-state index contributed by atoms with van der Waals surface area (Å²) < 4.78 is 0. The second-order valence-electron chi connectivity index (χ2n) is 8.99. The molecule has 3 rings (SSSR count). The first-order chi connectivity index (χ1) is 16.9. The highest BCUT2D eigenvalue weighted by molar-refractivity contribution is 6.21. The zero-order valence-electron chi connectivity index (χ0n) is 20.9. The third kappa shape index (κ3) is 6.35. The number of benzene rings is 2. The smallest absolute Gasteiger partial charge is 0.261 e. The lowest BCUT2D eigenvalue weighted by Crippen LogP contribution is -2.49. The molecule has 1 atom stereocenters. The SMILES string of the molecule is CCCCNC(=O)[C@H](CC)N(Cc1cccc(C)c1)C(=O)CCCN1C(=O)c2ccccc2C1=O. The van der Waals surface area contributed by atoms with Crippen LogP contribution in [0, 0.1) is 6.92 Å². The summed E-state index contributed by atoms with van der Waals surface area (Å²) >= 11 is 0. The number of hydrogen-bond donors (Lipinski definition) is 1. The highest BCUT2D eigenvalue weighted by Crippen LogP contribution is 2.23. The second kappa shape index (κ2) is 12.3. The molecule has 0 aromatic heterocycles. The van der Waals surface area contributed by atoms with Crippen LogP contribution in [-0.2, 0) is 16.1 Å². The summed E-state index contributed by atoms with van der Waals surface area (Å²) in [6.45, 7) is 7.03. The molecule has 0 saturated carbocycles. The Kier molecular flexibility index (Phi) is 9.18. The standard InChI is InChI=1S/C28H35N3O4/c1-4-6-16-29-26(33)24(5-2)31(19-21-12-9-11-20(3)18-21)25(32)15-10-17-30-27(34)22-13-7-8-14-23(22)28(30)35/h7-9,11-14,18,24H,4-6,10,15-17,19H2,1-3H3,(H,29,33)/t24-/m0/s1. The minimum absolute atomic E-state index is 0.137. The highest BCUT2D eigenvalue weighted by Gasteiger charge is 2.35. The zero-order chi connectivity index (χ0) is 25.4. The summed E-state index contributed by atoms with van der Waals surface area (Å²) in [7, 11) is 0. The molecule has 7 heteroatoms. The number of amides is 4. The zero-order valence-corrected chi connectivity index (χ0v) is 20.9. The van der Waals surface area contributed by atoms with Crippen LogP contribution in [0.3, 0.4) is 0 Å². The van der Waals surface area contributed by atoms with E-state index in [4.69, 9.17) is 0 Å². The van der Waals surface area contributed by atoms with Crippen LogP contribution in [-0.4, -0.2) is 52.6 Å². The average Bonchev–Trinajstić information content (AvgIpc) is 3.09. The normalized spacial score (nSPS) is 13.5. The molecule has 186 valence electrons. The van der Waals surface area contributed by atoms with E-state index in [0.717, 1.165) is 24.0 Å². The van der Waals surface area contributed by atoms with Crippen molar-refractivity contribution in [2.45, 2.75) is 65.5 Å². The van der Waals surface area contributed by atoms with Crippen LogP contribution in [0.15, 0.2) is 48.5 Å². The van der Waals surface area contributed by atoms with Gasteiger partial charge in [-0.05, 0) is 43.9 Å². The molecule has 1 aliphatic heterocycles. The van der Waals surface area contributed by atoms with Gasteiger partial charge in [-0.3, -0.25) is 24.1 Å². The van der Waals surface area contributed by atoms with Gasteiger partial charge in [0.1, 0.15) is 6.04 Å². The molecule has 1 heterocycles. The van der Waals surface area contributed by atoms with Crippen LogP contribution < -0.4 is 5.32 Å². The first-order valence-electron chi connectivity index (χ1n) is 12.4. The predicted molar refractivity (Wildman–Crippen MR) is 135 cm³/mol. The van der Waals surface area contributed by atoms with Crippen LogP contribution in [0.25, 0.3) is 0 Å². The molecule has 2 aromatic rings. The summed E-state index contributed by atoms with van der Waals surface area (Å²) in [5, 5.41) is 2.96. The number of aryl methyl sites for hydroxylation is 1. The maximum absolute atomic E-state index is 13.4. The van der Waals surface area contributed by atoms with E-state index in [1.165, 1.54) is 4.90 Å². The van der Waals surface area contributed by atoms with Crippen LogP contribution >= 0.6 is 0 Å². The van der Waals surface area contributed by atoms with Crippen molar-refractivity contribution in [3.63, 3.8) is 0 Å². The number of imide groups is 1. The fraction of sp³-hybridized carbons (Fsp3) is 0.429. The Morgan fingerprint density at radius 3 is 2.26 bits per heavy atom. The van der Waals surface area contributed by atoms with E-state index in [-0.39, 0.29) is 36.6 Å². The van der Waals surface area contributed by atoms with Crippen molar-refractivity contribution in [2.24, 2.45) is 0 Å². The number of carbonyl (C=O) groups is 4. The first kappa shape index (κ1) is 26.1. The van der Waals surface area contributed by atoms with Gasteiger partial charge in [-0.1, -0.05) is 62.2 Å². The quantitative estimate of drug-likeness (QED) is 0.368. The van der Waals surface area contributed by atoms with Gasteiger partial charge >= 0.3 is 0 Å². The number of carbonyl (C=O) groups excluding carboxylic acids is 4. The van der Waals surface area contributed by atoms with Crippen LogP contribution in [0.5, 0.6) is 0 Å². The Morgan fingerprint density at radius 2 is 1.66 bits per heavy atom. The fourth-order valence-corrected chi connectivity index (χ4v) is 4.41. The third-order valence-corrected chi connectivity index (χ3v) is 6.30. The van der Waals surface area contributed by atoms with Crippen molar-refractivity contribution < 1.29 is 19.2 Å². The molecule has 1 aliphatic rings. The Balaban J connectivity index is 1.69. The highest BCUT2D eigenvalue weighted by atomic mass is 16.2. The van der Waals surface area contributed by atoms with Gasteiger partial charge in [0.25, 0.3) is 11.8 Å². The summed E-state index contributed by atoms with van der Waals surface area (Å²) in [6.07, 6.45) is 2.82. The van der Waals surface area contributed by atoms with E-state index >= 15 is 0 Å². The lowest BCUT2D eigenvalue weighted by Gasteiger charge is -2.31. The monoisotopic (exact) mass is 477 g/mol. The van der Waals surface area contributed by atoms with Gasteiger partial charge in [-0.2, -0.15) is 0 Å². The number of unbranched alkanes of at least 4 members (excludes halogenated alkanes) is 1. The topological polar surface area (TPSA) is 86.8 Å². The van der Waals surface area contributed by atoms with Crippen molar-refractivity contribution in [3.8, 4) is 0 Å². The molecule has 0 spiro atoms. The van der Waals surface area contributed by atoms with Crippen molar-refractivity contribution in [1.29, 1.82) is 0 Å². The summed E-state index contributed by atoms with van der Waals surface area (Å²) in [5.41, 5.74) is 2.85. The summed E-state index contributed by atoms with van der Waals surface area (Å²) in [4.78, 5) is 54.4. The van der Waals surface area contributed by atoms with Crippen molar-refractivity contribution in [1.82, 2.24) is 15.1 Å². The number of rotatable bonds is 12. The molecule has 4 amide bonds. The molecule has 0 radical (unpaired) electrons. The van der Waals surface area contributed by atoms with E-state index in [2.05, 4.69) is 12.2 Å². The number of nitrogens with one attached hydrogen (secondary N) is 1. The molecule has 7 nitrogen and oxygen atoms in total. The molecular formula is C28H35N3O4. The molecule has 0 fully saturated rings. The van der Waals surface area contributed by atoms with Gasteiger partial charge in [0.15, 0.2) is 0 Å². The van der Waals surface area contributed by atoms with Crippen LogP contribution in [0.2, 0.25) is 0 Å². The van der Waals surface area contributed by atoms with Gasteiger partial charge in [-0.25, -0.2) is 0 Å². The van der Waals surface area contributed by atoms with E-state index in [1.54, 1.807) is 29.2 Å². The Labute approximate surface area is 207 Å². The predicted octanol–water partition coefficient (Wildman–Crippen LogP) is 4.09. The molecule has 2 aromatic carbocycles. The first-order valence-corrected chi connectivity index (χ1v) is 12.4. The number of fused-ring (bicyclic) bond motifs is 1. The van der Waals surface area contributed by atoms with Gasteiger partial charge in [0, 0.05) is 26.1 Å². The Hall–Kier alpha value is -3.48. The minimum Gasteiger partial charge on any atom is -0.354 e. The maximum Gasteiger partial charge on any atom is 0.261 e. The number of hydrogen-bond acceptors (Lipinski definition) is 4. The molecule has 0 unspecified atom stereocenters. The summed E-state index contributed by atoms with van der Waals surface area (Å²) in [5.74, 6) is -0.962. The van der Waals surface area contributed by atoms with E-state index in [9.17, 15) is 19.2 Å². The lowest BCUT2D eigenvalue weighted by atomic mass is 10.1. The fourth-order valence-electron chi connectivity index (χ4n) is 4.41. The van der Waals surface area contributed by atoms with Gasteiger partial charge < -0.3 is 10.2 Å². The van der Waals surface area contributed by atoms with Crippen molar-refractivity contribution in [3.05, 3.63) is 70.8 Å². The van der Waals surface area contributed by atoms with E-state index in [0.29, 0.717) is 37.1 Å². The van der Waals surface area contributed by atoms with E-state index < -0.39 is 6.04 Å². The molecule has 0 saturated heterocycles. The van der Waals surface area contributed by atoms with Gasteiger partial charge in [0.2, 0.25) is 11.8 Å². The minimum atomic E-state index is -0.584. The largest absolute Gasteiger partial charge is 0.354 e. The average molecular weight is 478 g/mol. The van der Waals surface area contributed by atoms with Gasteiger partial charge in [0.05, 0.1) is 11.1 Å². The van der Waals surface area contributed by atoms with Gasteiger partial charge in [-0.15, -0.1) is 0 Å².